The van der Waals surface area contributed by atoms with Gasteiger partial charge in [-0.3, -0.25) is 5.32 Å². The van der Waals surface area contributed by atoms with Gasteiger partial charge in [0.15, 0.2) is 0 Å². The molecule has 1 N–H and O–H groups in total. The fourth-order valence-corrected chi connectivity index (χ4v) is 1.47. The van der Waals surface area contributed by atoms with Gasteiger partial charge in [-0.15, -0.1) is 0 Å². The maximum absolute atomic E-state index is 4.92. The van der Waals surface area contributed by atoms with Gasteiger partial charge in [0.05, 0.1) is 6.73 Å². The van der Waals surface area contributed by atoms with Crippen LogP contribution < -0.4 is 5.32 Å². The van der Waals surface area contributed by atoms with E-state index in [1.807, 2.05) is 0 Å². The summed E-state index contributed by atoms with van der Waals surface area (Å²) in [5.41, 5.74) is 4.13. The van der Waals surface area contributed by atoms with Crippen LogP contribution in [-0.4, -0.2) is 20.4 Å². The molecule has 0 radical (unpaired) electrons. The SMILES string of the molecule is COCNCCc1cc(C)ccc1C. The van der Waals surface area contributed by atoms with E-state index in [1.54, 1.807) is 7.11 Å². The van der Waals surface area contributed by atoms with Crippen molar-refractivity contribution in [2.75, 3.05) is 20.4 Å². The van der Waals surface area contributed by atoms with E-state index < -0.39 is 0 Å². The molecular formula is C12H19NO. The van der Waals surface area contributed by atoms with Crippen LogP contribution in [0.25, 0.3) is 0 Å². The zero-order chi connectivity index (χ0) is 10.4. The average molecular weight is 193 g/mol. The molecule has 1 aromatic rings. The van der Waals surface area contributed by atoms with E-state index in [9.17, 15) is 0 Å². The summed E-state index contributed by atoms with van der Waals surface area (Å²) in [6, 6.07) is 6.59. The highest BCUT2D eigenvalue weighted by Gasteiger charge is 1.97. The third-order valence-electron chi connectivity index (χ3n) is 2.32. The molecule has 1 aromatic carbocycles. The zero-order valence-corrected chi connectivity index (χ0v) is 9.26. The van der Waals surface area contributed by atoms with Crippen LogP contribution in [0.5, 0.6) is 0 Å². The van der Waals surface area contributed by atoms with Crippen molar-refractivity contribution < 1.29 is 4.74 Å². The quantitative estimate of drug-likeness (QED) is 0.571. The molecule has 0 amide bonds. The normalized spacial score (nSPS) is 10.5. The fraction of sp³-hybridized carbons (Fsp3) is 0.500. The number of ether oxygens (including phenoxy) is 1. The van der Waals surface area contributed by atoms with Gasteiger partial charge in [-0.05, 0) is 31.4 Å². The summed E-state index contributed by atoms with van der Waals surface area (Å²) >= 11 is 0. The van der Waals surface area contributed by atoms with Gasteiger partial charge in [0, 0.05) is 13.7 Å². The molecule has 0 fully saturated rings. The Morgan fingerprint density at radius 1 is 1.29 bits per heavy atom. The van der Waals surface area contributed by atoms with Crippen molar-refractivity contribution in [2.45, 2.75) is 20.3 Å². The van der Waals surface area contributed by atoms with Crippen LogP contribution in [-0.2, 0) is 11.2 Å². The monoisotopic (exact) mass is 193 g/mol. The molecule has 0 unspecified atom stereocenters. The molecular weight excluding hydrogens is 174 g/mol. The molecule has 14 heavy (non-hydrogen) atoms. The summed E-state index contributed by atoms with van der Waals surface area (Å²) in [6.45, 7) is 5.89. The van der Waals surface area contributed by atoms with Gasteiger partial charge >= 0.3 is 0 Å². The summed E-state index contributed by atoms with van der Waals surface area (Å²) in [5, 5.41) is 3.21. The first-order valence-electron chi connectivity index (χ1n) is 5.00. The Labute approximate surface area is 86.3 Å². The smallest absolute Gasteiger partial charge is 0.0961 e. The molecule has 1 rings (SSSR count). The molecule has 0 aliphatic heterocycles. The van der Waals surface area contributed by atoms with E-state index in [4.69, 9.17) is 4.74 Å². The predicted molar refractivity (Wildman–Crippen MR) is 59.5 cm³/mol. The predicted octanol–water partition coefficient (Wildman–Crippen LogP) is 2.04. The van der Waals surface area contributed by atoms with Crippen molar-refractivity contribution in [3.05, 3.63) is 34.9 Å². The number of rotatable bonds is 5. The summed E-state index contributed by atoms with van der Waals surface area (Å²) in [5.74, 6) is 0. The molecule has 0 heterocycles. The second-order valence-electron chi connectivity index (χ2n) is 3.61. The largest absolute Gasteiger partial charge is 0.370 e. The molecule has 0 bridgehead atoms. The molecule has 0 aromatic heterocycles. The molecule has 0 aliphatic carbocycles. The Kier molecular flexibility index (Phi) is 4.63. The van der Waals surface area contributed by atoms with E-state index in [0.29, 0.717) is 6.73 Å². The molecule has 2 heteroatoms. The van der Waals surface area contributed by atoms with Crippen molar-refractivity contribution >= 4 is 0 Å². The number of hydrogen-bond donors (Lipinski definition) is 1. The summed E-state index contributed by atoms with van der Waals surface area (Å²) in [6.07, 6.45) is 1.07. The second-order valence-corrected chi connectivity index (χ2v) is 3.61. The van der Waals surface area contributed by atoms with Crippen LogP contribution in [0.1, 0.15) is 16.7 Å². The zero-order valence-electron chi connectivity index (χ0n) is 9.26. The number of nitrogens with one attached hydrogen (secondary N) is 1. The van der Waals surface area contributed by atoms with Gasteiger partial charge in [0.2, 0.25) is 0 Å². The Morgan fingerprint density at radius 2 is 2.07 bits per heavy atom. The van der Waals surface area contributed by atoms with E-state index >= 15 is 0 Å². The first-order chi connectivity index (χ1) is 6.74. The topological polar surface area (TPSA) is 21.3 Å². The van der Waals surface area contributed by atoms with Crippen LogP contribution >= 0.6 is 0 Å². The Bertz CT molecular complexity index is 284. The van der Waals surface area contributed by atoms with Gasteiger partial charge in [-0.1, -0.05) is 23.8 Å². The summed E-state index contributed by atoms with van der Waals surface area (Å²) < 4.78 is 4.92. The van der Waals surface area contributed by atoms with Crippen molar-refractivity contribution in [1.29, 1.82) is 0 Å². The third kappa shape index (κ3) is 3.48. The van der Waals surface area contributed by atoms with Crippen LogP contribution in [0.3, 0.4) is 0 Å². The fourth-order valence-electron chi connectivity index (χ4n) is 1.47. The van der Waals surface area contributed by atoms with Crippen molar-refractivity contribution in [3.63, 3.8) is 0 Å². The number of aryl methyl sites for hydroxylation is 2. The highest BCUT2D eigenvalue weighted by molar-refractivity contribution is 5.30. The molecule has 0 saturated carbocycles. The Balaban J connectivity index is 2.45. The minimum atomic E-state index is 0.630. The maximum atomic E-state index is 4.92. The highest BCUT2D eigenvalue weighted by atomic mass is 16.5. The van der Waals surface area contributed by atoms with Gasteiger partial charge in [-0.25, -0.2) is 0 Å². The molecule has 0 aliphatic rings. The first kappa shape index (κ1) is 11.2. The van der Waals surface area contributed by atoms with Crippen LogP contribution in [0.2, 0.25) is 0 Å². The lowest BCUT2D eigenvalue weighted by molar-refractivity contribution is 0.176. The van der Waals surface area contributed by atoms with E-state index in [-0.39, 0.29) is 0 Å². The van der Waals surface area contributed by atoms with Crippen molar-refractivity contribution in [3.8, 4) is 0 Å². The molecule has 0 saturated heterocycles. The number of methoxy groups -OCH3 is 1. The highest BCUT2D eigenvalue weighted by Crippen LogP contribution is 2.10. The van der Waals surface area contributed by atoms with Crippen LogP contribution in [0, 0.1) is 13.8 Å². The van der Waals surface area contributed by atoms with Crippen LogP contribution in [0.15, 0.2) is 18.2 Å². The third-order valence-corrected chi connectivity index (χ3v) is 2.32. The molecule has 78 valence electrons. The van der Waals surface area contributed by atoms with Gasteiger partial charge in [0.1, 0.15) is 0 Å². The maximum Gasteiger partial charge on any atom is 0.0961 e. The van der Waals surface area contributed by atoms with Gasteiger partial charge in [-0.2, -0.15) is 0 Å². The minimum Gasteiger partial charge on any atom is -0.370 e. The lowest BCUT2D eigenvalue weighted by Crippen LogP contribution is -2.19. The van der Waals surface area contributed by atoms with E-state index in [1.165, 1.54) is 16.7 Å². The minimum absolute atomic E-state index is 0.630. The number of benzene rings is 1. The first-order valence-corrected chi connectivity index (χ1v) is 5.00. The Morgan fingerprint density at radius 3 is 2.79 bits per heavy atom. The molecule has 0 spiro atoms. The summed E-state index contributed by atoms with van der Waals surface area (Å²) in [7, 11) is 1.70. The van der Waals surface area contributed by atoms with Crippen LogP contribution in [0.4, 0.5) is 0 Å². The van der Waals surface area contributed by atoms with Gasteiger partial charge < -0.3 is 4.74 Å². The number of hydrogen-bond acceptors (Lipinski definition) is 2. The van der Waals surface area contributed by atoms with Crippen molar-refractivity contribution in [1.82, 2.24) is 5.32 Å². The van der Waals surface area contributed by atoms with E-state index in [2.05, 4.69) is 37.4 Å². The Hall–Kier alpha value is -0.860. The van der Waals surface area contributed by atoms with Gasteiger partial charge in [0.25, 0.3) is 0 Å². The lowest BCUT2D eigenvalue weighted by atomic mass is 10.0. The van der Waals surface area contributed by atoms with Crippen molar-refractivity contribution in [2.24, 2.45) is 0 Å². The second kappa shape index (κ2) is 5.78. The molecule has 2 nitrogen and oxygen atoms in total. The summed E-state index contributed by atoms with van der Waals surface area (Å²) in [4.78, 5) is 0. The lowest BCUT2D eigenvalue weighted by Gasteiger charge is -2.07. The van der Waals surface area contributed by atoms with E-state index in [0.717, 1.165) is 13.0 Å². The standard InChI is InChI=1S/C12H19NO/c1-10-4-5-11(2)12(8-10)6-7-13-9-14-3/h4-5,8,13H,6-7,9H2,1-3H3. The average Bonchev–Trinajstić information content (AvgIpc) is 2.18. The molecule has 0 atom stereocenters.